The lowest BCUT2D eigenvalue weighted by Gasteiger charge is -2.05. The lowest BCUT2D eigenvalue weighted by Crippen LogP contribution is -2.00. The van der Waals surface area contributed by atoms with Crippen molar-refractivity contribution in [1.82, 2.24) is 4.98 Å². The number of hydrogen-bond acceptors (Lipinski definition) is 3. The maximum Gasteiger partial charge on any atom is 0.213 e. The number of aryl methyl sites for hydroxylation is 1. The molecule has 1 heterocycles. The van der Waals surface area contributed by atoms with Gasteiger partial charge in [0.1, 0.15) is 0 Å². The molecule has 1 aromatic rings. The average molecular weight is 276 g/mol. The van der Waals surface area contributed by atoms with Crippen molar-refractivity contribution in [3.05, 3.63) is 22.3 Å². The van der Waals surface area contributed by atoms with E-state index in [4.69, 9.17) is 4.74 Å². The summed E-state index contributed by atoms with van der Waals surface area (Å²) in [5, 5.41) is 0. The quantitative estimate of drug-likeness (QED) is 0.770. The van der Waals surface area contributed by atoms with Gasteiger partial charge in [-0.25, -0.2) is 4.98 Å². The molecule has 14 heavy (non-hydrogen) atoms. The minimum atomic E-state index is 0.715. The van der Waals surface area contributed by atoms with E-state index >= 15 is 0 Å². The lowest BCUT2D eigenvalue weighted by molar-refractivity contribution is 0.306. The van der Waals surface area contributed by atoms with Gasteiger partial charge in [-0.05, 0) is 47.3 Å². The van der Waals surface area contributed by atoms with Gasteiger partial charge < -0.3 is 4.74 Å². The van der Waals surface area contributed by atoms with Gasteiger partial charge >= 0.3 is 0 Å². The maximum atomic E-state index is 5.50. The molecule has 1 aromatic heterocycles. The summed E-state index contributed by atoms with van der Waals surface area (Å²) in [5.74, 6) is 1.85. The summed E-state index contributed by atoms with van der Waals surface area (Å²) in [5.41, 5.74) is 0.965. The van der Waals surface area contributed by atoms with Crippen molar-refractivity contribution < 1.29 is 4.74 Å². The molecular weight excluding hydrogens is 262 g/mol. The predicted octanol–water partition coefficient (Wildman–Crippen LogP) is 3.28. The monoisotopic (exact) mass is 275 g/mol. The van der Waals surface area contributed by atoms with Crippen LogP contribution in [0.3, 0.4) is 0 Å². The zero-order chi connectivity index (χ0) is 10.4. The van der Waals surface area contributed by atoms with Crippen molar-refractivity contribution in [3.8, 4) is 5.88 Å². The molecule has 0 amide bonds. The number of ether oxygens (including phenoxy) is 1. The second kappa shape index (κ2) is 6.30. The fourth-order valence-electron chi connectivity index (χ4n) is 0.981. The molecule has 0 fully saturated rings. The maximum absolute atomic E-state index is 5.50. The van der Waals surface area contributed by atoms with E-state index in [2.05, 4.69) is 27.2 Å². The summed E-state index contributed by atoms with van der Waals surface area (Å²) in [4.78, 5) is 4.29. The molecule has 0 radical (unpaired) electrons. The Kier molecular flexibility index (Phi) is 5.33. The Labute approximate surface area is 97.6 Å². The molecule has 0 aliphatic rings. The number of aromatic nitrogens is 1. The second-order valence-electron chi connectivity index (χ2n) is 2.91. The van der Waals surface area contributed by atoms with Crippen LogP contribution in [0.15, 0.2) is 16.6 Å². The molecule has 4 heteroatoms. The Hall–Kier alpha value is -0.220. The molecule has 0 spiro atoms. The first-order valence-electron chi connectivity index (χ1n) is 4.49. The standard InChI is InChI=1S/C10H14BrNOS/c1-8-9(11)4-5-10(12-8)13-6-3-7-14-2/h4-5H,3,6-7H2,1-2H3. The first-order valence-corrected chi connectivity index (χ1v) is 6.67. The number of hydrogen-bond donors (Lipinski definition) is 0. The van der Waals surface area contributed by atoms with Crippen molar-refractivity contribution in [3.63, 3.8) is 0 Å². The van der Waals surface area contributed by atoms with Crippen molar-refractivity contribution in [1.29, 1.82) is 0 Å². The molecule has 0 bridgehead atoms. The van der Waals surface area contributed by atoms with Crippen LogP contribution in [0.4, 0.5) is 0 Å². The van der Waals surface area contributed by atoms with Crippen LogP contribution in [-0.4, -0.2) is 23.6 Å². The smallest absolute Gasteiger partial charge is 0.213 e. The Morgan fingerprint density at radius 2 is 2.29 bits per heavy atom. The third-order valence-corrected chi connectivity index (χ3v) is 3.27. The SMILES string of the molecule is CSCCCOc1ccc(Br)c(C)n1. The minimum Gasteiger partial charge on any atom is -0.478 e. The van der Waals surface area contributed by atoms with Crippen LogP contribution in [0.5, 0.6) is 5.88 Å². The summed E-state index contributed by atoms with van der Waals surface area (Å²) in [7, 11) is 0. The summed E-state index contributed by atoms with van der Waals surface area (Å²) in [6, 6.07) is 3.85. The van der Waals surface area contributed by atoms with E-state index in [1.54, 1.807) is 0 Å². The summed E-state index contributed by atoms with van der Waals surface area (Å²) in [6.07, 6.45) is 3.17. The van der Waals surface area contributed by atoms with Crippen molar-refractivity contribution >= 4 is 27.7 Å². The molecule has 0 aromatic carbocycles. The fourth-order valence-corrected chi connectivity index (χ4v) is 1.61. The molecule has 2 nitrogen and oxygen atoms in total. The van der Waals surface area contributed by atoms with E-state index in [0.29, 0.717) is 5.88 Å². The van der Waals surface area contributed by atoms with Crippen molar-refractivity contribution in [2.45, 2.75) is 13.3 Å². The van der Waals surface area contributed by atoms with Gasteiger partial charge in [-0.15, -0.1) is 0 Å². The number of halogens is 1. The Morgan fingerprint density at radius 3 is 2.93 bits per heavy atom. The van der Waals surface area contributed by atoms with E-state index in [1.165, 1.54) is 0 Å². The van der Waals surface area contributed by atoms with Crippen LogP contribution in [0, 0.1) is 6.92 Å². The molecule has 0 aliphatic heterocycles. The Balaban J connectivity index is 2.39. The van der Waals surface area contributed by atoms with Gasteiger partial charge in [0, 0.05) is 10.5 Å². The van der Waals surface area contributed by atoms with Gasteiger partial charge in [-0.3, -0.25) is 0 Å². The van der Waals surface area contributed by atoms with Crippen LogP contribution in [0.2, 0.25) is 0 Å². The summed E-state index contributed by atoms with van der Waals surface area (Å²) >= 11 is 5.24. The highest BCUT2D eigenvalue weighted by atomic mass is 79.9. The second-order valence-corrected chi connectivity index (χ2v) is 4.75. The molecule has 0 saturated carbocycles. The number of pyridine rings is 1. The zero-order valence-electron chi connectivity index (χ0n) is 8.42. The van der Waals surface area contributed by atoms with E-state index in [1.807, 2.05) is 30.8 Å². The van der Waals surface area contributed by atoms with E-state index in [9.17, 15) is 0 Å². The minimum absolute atomic E-state index is 0.715. The number of nitrogens with zero attached hydrogens (tertiary/aromatic N) is 1. The normalized spacial score (nSPS) is 10.2. The molecule has 0 saturated heterocycles. The van der Waals surface area contributed by atoms with Crippen molar-refractivity contribution in [2.24, 2.45) is 0 Å². The highest BCUT2D eigenvalue weighted by molar-refractivity contribution is 9.10. The molecule has 0 N–H and O–H groups in total. The van der Waals surface area contributed by atoms with Gasteiger partial charge in [0.15, 0.2) is 0 Å². The van der Waals surface area contributed by atoms with Crippen LogP contribution in [0.25, 0.3) is 0 Å². The number of thioether (sulfide) groups is 1. The number of rotatable bonds is 5. The van der Waals surface area contributed by atoms with E-state index in [0.717, 1.165) is 28.9 Å². The molecule has 78 valence electrons. The van der Waals surface area contributed by atoms with Crippen LogP contribution in [-0.2, 0) is 0 Å². The summed E-state index contributed by atoms with van der Waals surface area (Å²) in [6.45, 7) is 2.70. The van der Waals surface area contributed by atoms with Gasteiger partial charge in [0.2, 0.25) is 5.88 Å². The Bertz CT molecular complexity index is 293. The van der Waals surface area contributed by atoms with Gasteiger partial charge in [-0.2, -0.15) is 11.8 Å². The lowest BCUT2D eigenvalue weighted by atomic mass is 10.4. The molecule has 0 atom stereocenters. The van der Waals surface area contributed by atoms with Gasteiger partial charge in [-0.1, -0.05) is 0 Å². The highest BCUT2D eigenvalue weighted by Gasteiger charge is 1.99. The average Bonchev–Trinajstić information content (AvgIpc) is 2.18. The first-order chi connectivity index (χ1) is 6.74. The molecule has 1 rings (SSSR count). The third-order valence-electron chi connectivity index (χ3n) is 1.74. The molecule has 0 aliphatic carbocycles. The highest BCUT2D eigenvalue weighted by Crippen LogP contribution is 2.17. The van der Waals surface area contributed by atoms with Crippen LogP contribution < -0.4 is 4.74 Å². The third kappa shape index (κ3) is 3.88. The fraction of sp³-hybridized carbons (Fsp3) is 0.500. The molecular formula is C10H14BrNOS. The van der Waals surface area contributed by atoms with Crippen LogP contribution >= 0.6 is 27.7 Å². The Morgan fingerprint density at radius 1 is 1.50 bits per heavy atom. The predicted molar refractivity (Wildman–Crippen MR) is 65.2 cm³/mol. The van der Waals surface area contributed by atoms with Gasteiger partial charge in [0.25, 0.3) is 0 Å². The van der Waals surface area contributed by atoms with E-state index < -0.39 is 0 Å². The van der Waals surface area contributed by atoms with Crippen molar-refractivity contribution in [2.75, 3.05) is 18.6 Å². The zero-order valence-corrected chi connectivity index (χ0v) is 10.8. The van der Waals surface area contributed by atoms with Gasteiger partial charge in [0.05, 0.1) is 12.3 Å². The summed E-state index contributed by atoms with van der Waals surface area (Å²) < 4.78 is 6.52. The largest absolute Gasteiger partial charge is 0.478 e. The van der Waals surface area contributed by atoms with E-state index in [-0.39, 0.29) is 0 Å². The molecule has 0 unspecified atom stereocenters. The van der Waals surface area contributed by atoms with Crippen LogP contribution in [0.1, 0.15) is 12.1 Å². The topological polar surface area (TPSA) is 22.1 Å². The first kappa shape index (κ1) is 11.9.